The summed E-state index contributed by atoms with van der Waals surface area (Å²) in [5.74, 6) is 0. The number of methoxy groups -OCH3 is 2. The third kappa shape index (κ3) is 7.19. The average molecular weight is 209 g/mol. The molecule has 0 amide bonds. The van der Waals surface area contributed by atoms with E-state index in [-0.39, 0.29) is 26.8 Å². The number of nitrogens with two attached hydrogens (primary N) is 1. The van der Waals surface area contributed by atoms with Gasteiger partial charge in [0.15, 0.2) is 0 Å². The van der Waals surface area contributed by atoms with Crippen LogP contribution in [0.5, 0.6) is 0 Å². The molecule has 0 aliphatic rings. The Bertz CT molecular complexity index is 110. The third-order valence-electron chi connectivity index (χ3n) is 1.50. The van der Waals surface area contributed by atoms with Crippen LogP contribution in [0.2, 0.25) is 0 Å². The molecule has 0 saturated heterocycles. The maximum absolute atomic E-state index is 9.42. The minimum atomic E-state index is -0.762. The van der Waals surface area contributed by atoms with Gasteiger partial charge in [0.05, 0.1) is 25.4 Å². The summed E-state index contributed by atoms with van der Waals surface area (Å²) in [6.45, 7) is 0.665. The second kappa shape index (κ2) is 9.32. The highest BCUT2D eigenvalue weighted by Crippen LogP contribution is 1.93. The van der Waals surface area contributed by atoms with Crippen molar-refractivity contribution in [1.82, 2.24) is 0 Å². The van der Waals surface area contributed by atoms with Crippen LogP contribution in [-0.4, -0.2) is 58.3 Å². The summed E-state index contributed by atoms with van der Waals surface area (Å²) in [4.78, 5) is 0. The topological polar surface area (TPSA) is 83.2 Å². The highest BCUT2D eigenvalue weighted by molar-refractivity contribution is 4.70. The Hall–Kier alpha value is -0.240. The van der Waals surface area contributed by atoms with Gasteiger partial charge in [-0.1, -0.05) is 0 Å². The lowest BCUT2D eigenvalue weighted by atomic mass is 10.2. The number of hydrogen-bond donors (Lipinski definition) is 2. The summed E-state index contributed by atoms with van der Waals surface area (Å²) in [5.41, 5.74) is 5.59. The highest BCUT2D eigenvalue weighted by Gasteiger charge is 2.14. The smallest absolute Gasteiger partial charge is 0.146 e. The van der Waals surface area contributed by atoms with Gasteiger partial charge in [-0.3, -0.25) is 0 Å². The molecule has 0 spiro atoms. The monoisotopic (exact) mass is 209 g/mol. The number of rotatable bonds is 9. The van der Waals surface area contributed by atoms with Gasteiger partial charge in [-0.25, -0.2) is 0 Å². The summed E-state index contributed by atoms with van der Waals surface area (Å²) in [7, 11) is 3.03. The first-order valence-corrected chi connectivity index (χ1v) is 4.29. The molecule has 14 heavy (non-hydrogen) atoms. The van der Waals surface area contributed by atoms with Gasteiger partial charge < -0.3 is 29.8 Å². The molecule has 0 aromatic rings. The van der Waals surface area contributed by atoms with Crippen LogP contribution in [-0.2, 0) is 18.9 Å². The molecular formula is C8H19NO5. The first-order valence-electron chi connectivity index (χ1n) is 4.29. The van der Waals surface area contributed by atoms with Crippen molar-refractivity contribution < 1.29 is 24.1 Å². The van der Waals surface area contributed by atoms with Gasteiger partial charge in [-0.15, -0.1) is 0 Å². The second-order valence-electron chi connectivity index (χ2n) is 2.79. The predicted octanol–water partition coefficient (Wildman–Crippen LogP) is -1.08. The van der Waals surface area contributed by atoms with Gasteiger partial charge in [-0.2, -0.15) is 0 Å². The average Bonchev–Trinajstić information content (AvgIpc) is 2.18. The molecule has 0 aliphatic heterocycles. The van der Waals surface area contributed by atoms with E-state index in [2.05, 4.69) is 9.47 Å². The van der Waals surface area contributed by atoms with Crippen LogP contribution in [0.4, 0.5) is 0 Å². The van der Waals surface area contributed by atoms with Gasteiger partial charge in [0, 0.05) is 14.2 Å². The van der Waals surface area contributed by atoms with E-state index in [1.165, 1.54) is 14.2 Å². The molecule has 0 aromatic heterocycles. The fourth-order valence-electron chi connectivity index (χ4n) is 0.754. The zero-order valence-electron chi connectivity index (χ0n) is 8.64. The van der Waals surface area contributed by atoms with Gasteiger partial charge in [0.2, 0.25) is 0 Å². The molecule has 0 radical (unpaired) electrons. The molecule has 6 nitrogen and oxygen atoms in total. The standard InChI is InChI=1S/C8H19NO5/c1-11-5-13-3-7(9)8(10)4-14-6-12-2/h7-8,10H,3-6,9H2,1-2H3/t7-,8+/m1/s1. The molecule has 2 atom stereocenters. The van der Waals surface area contributed by atoms with E-state index >= 15 is 0 Å². The number of hydrogen-bond acceptors (Lipinski definition) is 6. The van der Waals surface area contributed by atoms with Crippen molar-refractivity contribution >= 4 is 0 Å². The van der Waals surface area contributed by atoms with Gasteiger partial charge >= 0.3 is 0 Å². The van der Waals surface area contributed by atoms with Crippen molar-refractivity contribution in [2.24, 2.45) is 5.73 Å². The van der Waals surface area contributed by atoms with Crippen molar-refractivity contribution in [2.45, 2.75) is 12.1 Å². The van der Waals surface area contributed by atoms with E-state index in [0.29, 0.717) is 0 Å². The summed E-state index contributed by atoms with van der Waals surface area (Å²) in [6, 6.07) is -0.484. The van der Waals surface area contributed by atoms with Gasteiger partial charge in [0.25, 0.3) is 0 Å². The summed E-state index contributed by atoms with van der Waals surface area (Å²) < 4.78 is 19.2. The zero-order chi connectivity index (χ0) is 10.8. The van der Waals surface area contributed by atoms with E-state index in [1.54, 1.807) is 0 Å². The van der Waals surface area contributed by atoms with Crippen LogP contribution >= 0.6 is 0 Å². The SMILES string of the molecule is COCOC[C@@H](N)[C@@H](O)COCOC. The highest BCUT2D eigenvalue weighted by atomic mass is 16.7. The zero-order valence-corrected chi connectivity index (χ0v) is 8.64. The van der Waals surface area contributed by atoms with Crippen LogP contribution in [0.1, 0.15) is 0 Å². The van der Waals surface area contributed by atoms with Gasteiger partial charge in [-0.05, 0) is 0 Å². The van der Waals surface area contributed by atoms with Crippen molar-refractivity contribution in [1.29, 1.82) is 0 Å². The molecule has 0 saturated carbocycles. The lowest BCUT2D eigenvalue weighted by Gasteiger charge is -2.18. The number of aliphatic hydroxyl groups excluding tert-OH is 1. The van der Waals surface area contributed by atoms with Crippen LogP contribution in [0.25, 0.3) is 0 Å². The maximum atomic E-state index is 9.42. The summed E-state index contributed by atoms with van der Waals surface area (Å²) in [6.07, 6.45) is -0.762. The quantitative estimate of drug-likeness (QED) is 0.371. The Balaban J connectivity index is 3.39. The Morgan fingerprint density at radius 2 is 1.57 bits per heavy atom. The van der Waals surface area contributed by atoms with Gasteiger partial charge in [0.1, 0.15) is 13.6 Å². The minimum absolute atomic E-state index is 0.130. The molecule has 0 bridgehead atoms. The van der Waals surface area contributed by atoms with Crippen molar-refractivity contribution in [3.05, 3.63) is 0 Å². The molecular weight excluding hydrogens is 190 g/mol. The first kappa shape index (κ1) is 13.8. The molecule has 0 aromatic carbocycles. The van der Waals surface area contributed by atoms with Crippen LogP contribution in [0, 0.1) is 0 Å². The van der Waals surface area contributed by atoms with Crippen LogP contribution in [0.15, 0.2) is 0 Å². The maximum Gasteiger partial charge on any atom is 0.146 e. The Kier molecular flexibility index (Phi) is 9.16. The van der Waals surface area contributed by atoms with Crippen molar-refractivity contribution in [3.8, 4) is 0 Å². The Morgan fingerprint density at radius 1 is 1.07 bits per heavy atom. The van der Waals surface area contributed by atoms with Crippen molar-refractivity contribution in [3.63, 3.8) is 0 Å². The predicted molar refractivity (Wildman–Crippen MR) is 49.6 cm³/mol. The second-order valence-corrected chi connectivity index (χ2v) is 2.79. The third-order valence-corrected chi connectivity index (χ3v) is 1.50. The van der Waals surface area contributed by atoms with Crippen molar-refractivity contribution in [2.75, 3.05) is 41.0 Å². The lowest BCUT2D eigenvalue weighted by molar-refractivity contribution is -0.0822. The summed E-state index contributed by atoms with van der Waals surface area (Å²) in [5, 5.41) is 9.42. The Morgan fingerprint density at radius 3 is 2.07 bits per heavy atom. The fraction of sp³-hybridized carbons (Fsp3) is 1.00. The number of ether oxygens (including phenoxy) is 4. The molecule has 3 N–H and O–H groups in total. The summed E-state index contributed by atoms with van der Waals surface area (Å²) >= 11 is 0. The van der Waals surface area contributed by atoms with Crippen LogP contribution in [0.3, 0.4) is 0 Å². The van der Waals surface area contributed by atoms with Crippen LogP contribution < -0.4 is 5.73 Å². The molecule has 6 heteroatoms. The lowest BCUT2D eigenvalue weighted by Crippen LogP contribution is -2.41. The minimum Gasteiger partial charge on any atom is -0.389 e. The molecule has 86 valence electrons. The Labute approximate surface area is 83.9 Å². The number of aliphatic hydroxyl groups is 1. The van der Waals surface area contributed by atoms with E-state index in [1.807, 2.05) is 0 Å². The van der Waals surface area contributed by atoms with E-state index < -0.39 is 12.1 Å². The molecule has 0 fully saturated rings. The normalized spacial score (nSPS) is 15.4. The molecule has 0 heterocycles. The largest absolute Gasteiger partial charge is 0.389 e. The fourth-order valence-corrected chi connectivity index (χ4v) is 0.754. The van der Waals surface area contributed by atoms with E-state index in [0.717, 1.165) is 0 Å². The molecule has 0 rings (SSSR count). The first-order chi connectivity index (χ1) is 6.72. The molecule has 0 unspecified atom stereocenters. The van der Waals surface area contributed by atoms with E-state index in [9.17, 15) is 5.11 Å². The molecule has 0 aliphatic carbocycles. The van der Waals surface area contributed by atoms with E-state index in [4.69, 9.17) is 15.2 Å².